The van der Waals surface area contributed by atoms with E-state index in [0.717, 1.165) is 13.1 Å². The van der Waals surface area contributed by atoms with Gasteiger partial charge in [-0.05, 0) is 0 Å². The van der Waals surface area contributed by atoms with Crippen molar-refractivity contribution in [2.24, 2.45) is 0 Å². The molecule has 0 bridgehead atoms. The molecule has 3 N–H and O–H groups in total. The molecule has 0 aromatic carbocycles. The van der Waals surface area contributed by atoms with E-state index in [0.29, 0.717) is 32.9 Å². The summed E-state index contributed by atoms with van der Waals surface area (Å²) in [5, 5.41) is 14.7. The fraction of sp³-hybridized carbons (Fsp3) is 1.00. The lowest BCUT2D eigenvalue weighted by Gasteiger charge is -2.17. The van der Waals surface area contributed by atoms with Crippen molar-refractivity contribution in [1.29, 1.82) is 0 Å². The third-order valence-electron chi connectivity index (χ3n) is 1.89. The Morgan fingerprint density at radius 3 is 2.67 bits per heavy atom. The van der Waals surface area contributed by atoms with Crippen molar-refractivity contribution < 1.29 is 19.1 Å². The van der Waals surface area contributed by atoms with Crippen LogP contribution >= 0.6 is 0 Å². The molecule has 1 saturated heterocycles. The van der Waals surface area contributed by atoms with Crippen LogP contribution in [0.4, 0.5) is 0 Å². The van der Waals surface area contributed by atoms with Crippen LogP contribution < -0.4 is 10.6 Å². The average Bonchev–Trinajstić information content (AvgIpc) is 2.20. The molecule has 0 unspecified atom stereocenters. The number of aliphatic hydroxyl groups excluding tert-OH is 1. The highest BCUT2D eigenvalue weighted by molar-refractivity contribution is 6.36. The zero-order chi connectivity index (χ0) is 10.8. The standard InChI is InChI=1S/C8H19BN2O4/c12-5-1-10-2-6-13-9-14-7-3-11-4-8-15-9/h10-12H,1-8H2. The van der Waals surface area contributed by atoms with Gasteiger partial charge in [-0.25, -0.2) is 0 Å². The Kier molecular flexibility index (Phi) is 7.80. The first-order valence-electron chi connectivity index (χ1n) is 5.30. The molecule has 1 aliphatic rings. The van der Waals surface area contributed by atoms with Crippen LogP contribution in [0, 0.1) is 0 Å². The summed E-state index contributed by atoms with van der Waals surface area (Å²) in [6, 6.07) is 0. The summed E-state index contributed by atoms with van der Waals surface area (Å²) in [4.78, 5) is 0. The Balaban J connectivity index is 1.97. The molecule has 0 aromatic rings. The Bertz CT molecular complexity index is 145. The molecular formula is C8H19BN2O4. The van der Waals surface area contributed by atoms with Crippen molar-refractivity contribution in [3.8, 4) is 0 Å². The summed E-state index contributed by atoms with van der Waals surface area (Å²) in [5.41, 5.74) is 0. The molecule has 0 spiro atoms. The Morgan fingerprint density at radius 1 is 1.27 bits per heavy atom. The lowest BCUT2D eigenvalue weighted by Crippen LogP contribution is -2.38. The third-order valence-corrected chi connectivity index (χ3v) is 1.89. The van der Waals surface area contributed by atoms with E-state index in [2.05, 4.69) is 10.6 Å². The molecule has 1 rings (SSSR count). The van der Waals surface area contributed by atoms with Gasteiger partial charge in [-0.2, -0.15) is 0 Å². The van der Waals surface area contributed by atoms with E-state index in [-0.39, 0.29) is 6.61 Å². The summed E-state index contributed by atoms with van der Waals surface area (Å²) >= 11 is 0. The molecule has 88 valence electrons. The van der Waals surface area contributed by atoms with Crippen LogP contribution in [0.2, 0.25) is 0 Å². The highest BCUT2D eigenvalue weighted by Crippen LogP contribution is 1.93. The molecule has 0 aliphatic carbocycles. The van der Waals surface area contributed by atoms with Crippen molar-refractivity contribution in [2.45, 2.75) is 0 Å². The maximum absolute atomic E-state index is 8.52. The second kappa shape index (κ2) is 9.08. The third kappa shape index (κ3) is 6.83. The van der Waals surface area contributed by atoms with Crippen molar-refractivity contribution in [3.05, 3.63) is 0 Å². The zero-order valence-corrected chi connectivity index (χ0v) is 8.91. The first-order chi connectivity index (χ1) is 7.43. The normalized spacial score (nSPS) is 18.6. The second-order valence-corrected chi connectivity index (χ2v) is 3.12. The first-order valence-corrected chi connectivity index (χ1v) is 5.30. The van der Waals surface area contributed by atoms with Gasteiger partial charge in [0.25, 0.3) is 0 Å². The van der Waals surface area contributed by atoms with Crippen molar-refractivity contribution >= 4 is 7.32 Å². The predicted octanol–water partition coefficient (Wildman–Crippen LogP) is -1.79. The predicted molar refractivity (Wildman–Crippen MR) is 56.4 cm³/mol. The smallest absolute Gasteiger partial charge is 0.395 e. The van der Waals surface area contributed by atoms with Crippen LogP contribution in [-0.2, 0) is 14.0 Å². The zero-order valence-electron chi connectivity index (χ0n) is 8.91. The van der Waals surface area contributed by atoms with E-state index >= 15 is 0 Å². The maximum atomic E-state index is 8.52. The first kappa shape index (κ1) is 12.9. The van der Waals surface area contributed by atoms with Crippen LogP contribution in [0.25, 0.3) is 0 Å². The molecule has 15 heavy (non-hydrogen) atoms. The number of nitrogens with one attached hydrogen (secondary N) is 2. The maximum Gasteiger partial charge on any atom is 0.639 e. The lowest BCUT2D eigenvalue weighted by molar-refractivity contribution is 0.0844. The van der Waals surface area contributed by atoms with Crippen molar-refractivity contribution in [2.75, 3.05) is 52.6 Å². The molecule has 0 atom stereocenters. The van der Waals surface area contributed by atoms with Gasteiger partial charge in [0.1, 0.15) is 0 Å². The van der Waals surface area contributed by atoms with Crippen LogP contribution in [0.3, 0.4) is 0 Å². The van der Waals surface area contributed by atoms with Crippen LogP contribution in [0.15, 0.2) is 0 Å². The summed E-state index contributed by atoms with van der Waals surface area (Å²) in [7, 11) is -0.553. The number of rotatable bonds is 6. The SMILES string of the molecule is OCCNCCOB1OCCNCCO1. The minimum Gasteiger partial charge on any atom is -0.395 e. The highest BCUT2D eigenvalue weighted by Gasteiger charge is 2.21. The van der Waals surface area contributed by atoms with Gasteiger partial charge < -0.3 is 29.7 Å². The number of aliphatic hydroxyl groups is 1. The summed E-state index contributed by atoms with van der Waals surface area (Å²) in [6.07, 6.45) is 0. The second-order valence-electron chi connectivity index (χ2n) is 3.12. The Labute approximate surface area is 90.5 Å². The molecule has 0 amide bonds. The van der Waals surface area contributed by atoms with Gasteiger partial charge in [-0.1, -0.05) is 0 Å². The molecule has 1 aliphatic heterocycles. The van der Waals surface area contributed by atoms with E-state index in [1.165, 1.54) is 0 Å². The molecule has 1 heterocycles. The fourth-order valence-electron chi connectivity index (χ4n) is 1.16. The van der Waals surface area contributed by atoms with Gasteiger partial charge >= 0.3 is 7.32 Å². The average molecular weight is 218 g/mol. The highest BCUT2D eigenvalue weighted by atomic mass is 16.7. The monoisotopic (exact) mass is 218 g/mol. The van der Waals surface area contributed by atoms with Crippen molar-refractivity contribution in [1.82, 2.24) is 10.6 Å². The topological polar surface area (TPSA) is 72.0 Å². The largest absolute Gasteiger partial charge is 0.639 e. The minimum atomic E-state index is -0.553. The summed E-state index contributed by atoms with van der Waals surface area (Å²) < 4.78 is 16.0. The molecule has 7 heteroatoms. The lowest BCUT2D eigenvalue weighted by atomic mass is 10.2. The molecule has 0 radical (unpaired) electrons. The van der Waals surface area contributed by atoms with Gasteiger partial charge in [-0.3, -0.25) is 0 Å². The minimum absolute atomic E-state index is 0.141. The fourth-order valence-corrected chi connectivity index (χ4v) is 1.16. The van der Waals surface area contributed by atoms with Gasteiger partial charge in [0.05, 0.1) is 6.61 Å². The Morgan fingerprint density at radius 2 is 2.00 bits per heavy atom. The Hall–Kier alpha value is -0.175. The van der Waals surface area contributed by atoms with E-state index < -0.39 is 7.32 Å². The van der Waals surface area contributed by atoms with Crippen LogP contribution in [0.1, 0.15) is 0 Å². The van der Waals surface area contributed by atoms with Crippen molar-refractivity contribution in [3.63, 3.8) is 0 Å². The molecule has 1 fully saturated rings. The van der Waals surface area contributed by atoms with Gasteiger partial charge in [0, 0.05) is 46.0 Å². The van der Waals surface area contributed by atoms with E-state index in [1.54, 1.807) is 0 Å². The van der Waals surface area contributed by atoms with Crippen LogP contribution in [0.5, 0.6) is 0 Å². The van der Waals surface area contributed by atoms with E-state index in [9.17, 15) is 0 Å². The molecule has 0 aromatic heterocycles. The summed E-state index contributed by atoms with van der Waals surface area (Å²) in [5.74, 6) is 0. The number of hydrogen-bond acceptors (Lipinski definition) is 6. The quantitative estimate of drug-likeness (QED) is 0.361. The van der Waals surface area contributed by atoms with Gasteiger partial charge in [-0.15, -0.1) is 0 Å². The summed E-state index contributed by atoms with van der Waals surface area (Å²) in [6.45, 7) is 4.75. The van der Waals surface area contributed by atoms with Gasteiger partial charge in [0.15, 0.2) is 0 Å². The van der Waals surface area contributed by atoms with Gasteiger partial charge in [0.2, 0.25) is 0 Å². The molecule has 6 nitrogen and oxygen atoms in total. The van der Waals surface area contributed by atoms with Crippen LogP contribution in [-0.4, -0.2) is 65.0 Å². The van der Waals surface area contributed by atoms with E-state index in [1.807, 2.05) is 0 Å². The molecule has 0 saturated carbocycles. The number of hydrogen-bond donors (Lipinski definition) is 3. The van der Waals surface area contributed by atoms with E-state index in [4.69, 9.17) is 19.1 Å². The molecular weight excluding hydrogens is 199 g/mol.